The Hall–Kier alpha value is -2.64. The van der Waals surface area contributed by atoms with E-state index in [-0.39, 0.29) is 5.41 Å². The van der Waals surface area contributed by atoms with Crippen LogP contribution in [0.3, 0.4) is 0 Å². The smallest absolute Gasteiger partial charge is 0.0622 e. The zero-order valence-corrected chi connectivity index (χ0v) is 15.9. The highest BCUT2D eigenvalue weighted by Gasteiger charge is 2.38. The van der Waals surface area contributed by atoms with E-state index in [2.05, 4.69) is 131 Å². The molecule has 0 aliphatic carbocycles. The molecule has 0 aliphatic heterocycles. The van der Waals surface area contributed by atoms with Crippen molar-refractivity contribution in [3.63, 3.8) is 0 Å². The van der Waals surface area contributed by atoms with Crippen molar-refractivity contribution in [2.45, 2.75) is 5.41 Å². The fourth-order valence-corrected chi connectivity index (χ4v) is 4.19. The Kier molecular flexibility index (Phi) is 4.73. The average molecular weight is 399 g/mol. The highest BCUT2D eigenvalue weighted by molar-refractivity contribution is 9.10. The summed E-state index contributed by atoms with van der Waals surface area (Å²) in [5.41, 5.74) is 4.66. The van der Waals surface area contributed by atoms with Gasteiger partial charge in [-0.1, -0.05) is 119 Å². The van der Waals surface area contributed by atoms with Crippen molar-refractivity contribution in [1.29, 1.82) is 0 Å². The molecule has 4 aromatic rings. The standard InChI is InChI=1S/C25H19Br/c26-24-18-10-17-23(19-24)25(20-11-4-1-5-12-20,21-13-6-2-7-14-21)22-15-8-3-9-16-22/h1-19H. The van der Waals surface area contributed by atoms with Crippen molar-refractivity contribution in [1.82, 2.24) is 0 Å². The number of benzene rings is 4. The van der Waals surface area contributed by atoms with Gasteiger partial charge in [0.2, 0.25) is 0 Å². The summed E-state index contributed by atoms with van der Waals surface area (Å²) in [5.74, 6) is 0. The monoisotopic (exact) mass is 398 g/mol. The van der Waals surface area contributed by atoms with E-state index in [0.29, 0.717) is 0 Å². The number of hydrogen-bond donors (Lipinski definition) is 0. The fourth-order valence-electron chi connectivity index (χ4n) is 3.79. The van der Waals surface area contributed by atoms with Gasteiger partial charge in [-0.25, -0.2) is 0 Å². The topological polar surface area (TPSA) is 0 Å². The zero-order valence-electron chi connectivity index (χ0n) is 14.3. The molecule has 0 N–H and O–H groups in total. The molecule has 0 atom stereocenters. The minimum atomic E-state index is -0.367. The molecule has 26 heavy (non-hydrogen) atoms. The molecule has 0 spiro atoms. The van der Waals surface area contributed by atoms with Gasteiger partial charge in [-0.05, 0) is 34.4 Å². The normalized spacial score (nSPS) is 11.3. The number of halogens is 1. The van der Waals surface area contributed by atoms with Crippen LogP contribution in [0.1, 0.15) is 22.3 Å². The molecule has 0 heterocycles. The Morgan fingerprint density at radius 1 is 0.423 bits per heavy atom. The van der Waals surface area contributed by atoms with Crippen LogP contribution >= 0.6 is 15.9 Å². The van der Waals surface area contributed by atoms with Crippen molar-refractivity contribution in [2.24, 2.45) is 0 Å². The summed E-state index contributed by atoms with van der Waals surface area (Å²) in [5, 5.41) is 0. The van der Waals surface area contributed by atoms with Gasteiger partial charge >= 0.3 is 0 Å². The van der Waals surface area contributed by atoms with Gasteiger partial charge in [0.05, 0.1) is 5.41 Å². The molecule has 0 saturated carbocycles. The van der Waals surface area contributed by atoms with Crippen LogP contribution in [0.25, 0.3) is 0 Å². The first-order valence-corrected chi connectivity index (χ1v) is 9.54. The van der Waals surface area contributed by atoms with E-state index in [4.69, 9.17) is 0 Å². The molecule has 0 aliphatic rings. The molecule has 4 rings (SSSR count). The van der Waals surface area contributed by atoms with Crippen molar-refractivity contribution in [3.8, 4) is 0 Å². The molecule has 0 bridgehead atoms. The van der Waals surface area contributed by atoms with E-state index in [9.17, 15) is 0 Å². The van der Waals surface area contributed by atoms with Crippen molar-refractivity contribution in [2.75, 3.05) is 0 Å². The minimum Gasteiger partial charge on any atom is -0.0622 e. The van der Waals surface area contributed by atoms with Crippen LogP contribution in [0.15, 0.2) is 120 Å². The zero-order chi connectivity index (χ0) is 17.8. The molecule has 4 aromatic carbocycles. The Balaban J connectivity index is 2.14. The summed E-state index contributed by atoms with van der Waals surface area (Å²) in [6.07, 6.45) is 0. The van der Waals surface area contributed by atoms with Crippen molar-refractivity contribution >= 4 is 15.9 Å². The van der Waals surface area contributed by atoms with E-state index in [1.165, 1.54) is 22.3 Å². The first-order valence-electron chi connectivity index (χ1n) is 8.74. The summed E-state index contributed by atoms with van der Waals surface area (Å²) < 4.78 is 1.09. The summed E-state index contributed by atoms with van der Waals surface area (Å²) in [7, 11) is 0. The van der Waals surface area contributed by atoms with Gasteiger partial charge in [-0.15, -0.1) is 0 Å². The van der Waals surface area contributed by atoms with Gasteiger partial charge in [0, 0.05) is 4.47 Å². The molecular weight excluding hydrogens is 380 g/mol. The van der Waals surface area contributed by atoms with Crippen LogP contribution in [0.5, 0.6) is 0 Å². The number of hydrogen-bond acceptors (Lipinski definition) is 0. The summed E-state index contributed by atoms with van der Waals surface area (Å²) in [4.78, 5) is 0. The Bertz CT molecular complexity index is 879. The molecular formula is C25H19Br. The first kappa shape index (κ1) is 16.8. The van der Waals surface area contributed by atoms with Crippen LogP contribution in [0.2, 0.25) is 0 Å². The molecule has 0 nitrogen and oxygen atoms in total. The van der Waals surface area contributed by atoms with Crippen LogP contribution in [0.4, 0.5) is 0 Å². The van der Waals surface area contributed by atoms with Crippen LogP contribution in [-0.4, -0.2) is 0 Å². The number of rotatable bonds is 4. The maximum absolute atomic E-state index is 3.67. The van der Waals surface area contributed by atoms with Crippen LogP contribution in [-0.2, 0) is 5.41 Å². The van der Waals surface area contributed by atoms with E-state index >= 15 is 0 Å². The highest BCUT2D eigenvalue weighted by atomic mass is 79.9. The van der Waals surface area contributed by atoms with Gasteiger partial charge < -0.3 is 0 Å². The highest BCUT2D eigenvalue weighted by Crippen LogP contribution is 2.45. The van der Waals surface area contributed by atoms with E-state index < -0.39 is 0 Å². The predicted octanol–water partition coefficient (Wildman–Crippen LogP) is 6.83. The Labute approximate surface area is 163 Å². The van der Waals surface area contributed by atoms with Crippen molar-refractivity contribution < 1.29 is 0 Å². The van der Waals surface area contributed by atoms with E-state index in [0.717, 1.165) is 4.47 Å². The van der Waals surface area contributed by atoms with E-state index in [1.54, 1.807) is 0 Å². The second-order valence-electron chi connectivity index (χ2n) is 6.36. The maximum Gasteiger partial charge on any atom is 0.0701 e. The molecule has 0 fully saturated rings. The third kappa shape index (κ3) is 2.89. The second kappa shape index (κ2) is 7.31. The molecule has 0 amide bonds. The summed E-state index contributed by atoms with van der Waals surface area (Å²) >= 11 is 3.67. The van der Waals surface area contributed by atoms with Gasteiger partial charge in [-0.2, -0.15) is 0 Å². The SMILES string of the molecule is Brc1cccc(C(c2ccccc2)(c2ccccc2)c2ccccc2)c1. The van der Waals surface area contributed by atoms with E-state index in [1.807, 2.05) is 0 Å². The largest absolute Gasteiger partial charge is 0.0701 e. The third-order valence-electron chi connectivity index (χ3n) is 4.88. The van der Waals surface area contributed by atoms with Crippen LogP contribution < -0.4 is 0 Å². The molecule has 0 radical (unpaired) electrons. The lowest BCUT2D eigenvalue weighted by Gasteiger charge is -2.37. The lowest BCUT2D eigenvalue weighted by atomic mass is 9.65. The van der Waals surface area contributed by atoms with Gasteiger partial charge in [0.15, 0.2) is 0 Å². The molecule has 0 unspecified atom stereocenters. The molecule has 1 heteroatoms. The molecule has 0 aromatic heterocycles. The second-order valence-corrected chi connectivity index (χ2v) is 7.27. The predicted molar refractivity (Wildman–Crippen MR) is 112 cm³/mol. The Morgan fingerprint density at radius 2 is 0.808 bits per heavy atom. The minimum absolute atomic E-state index is 0.367. The first-order chi connectivity index (χ1) is 12.8. The third-order valence-corrected chi connectivity index (χ3v) is 5.37. The van der Waals surface area contributed by atoms with Gasteiger partial charge in [0.1, 0.15) is 0 Å². The van der Waals surface area contributed by atoms with Gasteiger partial charge in [0.25, 0.3) is 0 Å². The quantitative estimate of drug-likeness (QED) is 0.330. The average Bonchev–Trinajstić information content (AvgIpc) is 2.71. The summed E-state index contributed by atoms with van der Waals surface area (Å²) in [6, 6.07) is 40.9. The molecule has 126 valence electrons. The lowest BCUT2D eigenvalue weighted by molar-refractivity contribution is 0.744. The maximum atomic E-state index is 3.67. The Morgan fingerprint density at radius 3 is 1.19 bits per heavy atom. The summed E-state index contributed by atoms with van der Waals surface area (Å²) in [6.45, 7) is 0. The molecule has 0 saturated heterocycles. The lowest BCUT2D eigenvalue weighted by Crippen LogP contribution is -2.30. The van der Waals surface area contributed by atoms with Gasteiger partial charge in [-0.3, -0.25) is 0 Å². The van der Waals surface area contributed by atoms with Crippen LogP contribution in [0, 0.1) is 0 Å². The van der Waals surface area contributed by atoms with Crippen molar-refractivity contribution in [3.05, 3.63) is 142 Å². The fraction of sp³-hybridized carbons (Fsp3) is 0.0400.